The van der Waals surface area contributed by atoms with Crippen molar-refractivity contribution in [2.24, 2.45) is 5.41 Å². The summed E-state index contributed by atoms with van der Waals surface area (Å²) < 4.78 is 0. The van der Waals surface area contributed by atoms with Crippen LogP contribution in [-0.4, -0.2) is 5.78 Å². The molecule has 0 bridgehead atoms. The third-order valence-corrected chi connectivity index (χ3v) is 3.40. The highest BCUT2D eigenvalue weighted by Gasteiger charge is 2.34. The van der Waals surface area contributed by atoms with E-state index in [1.807, 2.05) is 0 Å². The lowest BCUT2D eigenvalue weighted by molar-refractivity contribution is -0.110. The number of allylic oxidation sites excluding steroid dienone is 6. The first-order valence-corrected chi connectivity index (χ1v) is 5.89. The van der Waals surface area contributed by atoms with Gasteiger partial charge < -0.3 is 0 Å². The summed E-state index contributed by atoms with van der Waals surface area (Å²) in [6.45, 7) is 2.20. The van der Waals surface area contributed by atoms with Gasteiger partial charge in [-0.05, 0) is 37.8 Å². The Balaban J connectivity index is 2.23. The second-order valence-electron chi connectivity index (χ2n) is 4.48. The molecular weight excluding hydrogens is 184 g/mol. The zero-order valence-electron chi connectivity index (χ0n) is 9.33. The van der Waals surface area contributed by atoms with Crippen molar-refractivity contribution in [3.8, 4) is 0 Å². The lowest BCUT2D eigenvalue weighted by atomic mass is 9.78. The molecule has 2 aliphatic rings. The molecule has 0 unspecified atom stereocenters. The molecule has 80 valence electrons. The summed E-state index contributed by atoms with van der Waals surface area (Å²) in [6, 6.07) is 0. The van der Waals surface area contributed by atoms with Gasteiger partial charge in [0.25, 0.3) is 0 Å². The van der Waals surface area contributed by atoms with Crippen LogP contribution in [0.1, 0.15) is 39.0 Å². The van der Waals surface area contributed by atoms with Crippen LogP contribution in [0.2, 0.25) is 0 Å². The van der Waals surface area contributed by atoms with Gasteiger partial charge in [-0.25, -0.2) is 0 Å². The Bertz CT molecular complexity index is 328. The van der Waals surface area contributed by atoms with Gasteiger partial charge in [-0.2, -0.15) is 0 Å². The van der Waals surface area contributed by atoms with E-state index in [9.17, 15) is 4.79 Å². The van der Waals surface area contributed by atoms with Gasteiger partial charge in [0.1, 0.15) is 0 Å². The number of hydrogen-bond donors (Lipinski definition) is 0. The standard InChI is InChI=1S/C14H18O/c1-2-3-5-12-6-4-9-14(12)10-7-13(15)8-11-14/h5,7-8,10-11H,2-4,6,9H2,1H3/b12-5+. The molecule has 15 heavy (non-hydrogen) atoms. The molecule has 1 spiro atoms. The van der Waals surface area contributed by atoms with Crippen molar-refractivity contribution >= 4 is 5.78 Å². The van der Waals surface area contributed by atoms with Crippen LogP contribution in [0.4, 0.5) is 0 Å². The van der Waals surface area contributed by atoms with E-state index in [0.29, 0.717) is 0 Å². The number of carbonyl (C=O) groups is 1. The number of rotatable bonds is 2. The van der Waals surface area contributed by atoms with Crippen LogP contribution in [0.3, 0.4) is 0 Å². The van der Waals surface area contributed by atoms with E-state index in [-0.39, 0.29) is 11.2 Å². The lowest BCUT2D eigenvalue weighted by Gasteiger charge is -2.25. The molecule has 0 atom stereocenters. The molecule has 1 saturated carbocycles. The first-order chi connectivity index (χ1) is 7.27. The summed E-state index contributed by atoms with van der Waals surface area (Å²) in [6.07, 6.45) is 16.0. The Kier molecular flexibility index (Phi) is 2.90. The second kappa shape index (κ2) is 4.18. The molecule has 0 saturated heterocycles. The molecule has 2 rings (SSSR count). The van der Waals surface area contributed by atoms with Crippen molar-refractivity contribution in [1.82, 2.24) is 0 Å². The van der Waals surface area contributed by atoms with E-state index in [2.05, 4.69) is 25.2 Å². The van der Waals surface area contributed by atoms with Crippen LogP contribution in [0.15, 0.2) is 36.0 Å². The molecule has 0 aromatic heterocycles. The summed E-state index contributed by atoms with van der Waals surface area (Å²) in [5.74, 6) is 0.127. The smallest absolute Gasteiger partial charge is 0.178 e. The predicted molar refractivity (Wildman–Crippen MR) is 62.6 cm³/mol. The number of hydrogen-bond acceptors (Lipinski definition) is 1. The van der Waals surface area contributed by atoms with Crippen molar-refractivity contribution in [2.75, 3.05) is 0 Å². The van der Waals surface area contributed by atoms with E-state index >= 15 is 0 Å². The van der Waals surface area contributed by atoms with Gasteiger partial charge >= 0.3 is 0 Å². The largest absolute Gasteiger partial charge is 0.290 e. The Morgan fingerprint density at radius 1 is 1.40 bits per heavy atom. The fraction of sp³-hybridized carbons (Fsp3) is 0.500. The highest BCUT2D eigenvalue weighted by molar-refractivity contribution is 6.00. The predicted octanol–water partition coefficient (Wildman–Crippen LogP) is 3.58. The molecule has 1 heteroatoms. The molecule has 1 fully saturated rings. The van der Waals surface area contributed by atoms with E-state index < -0.39 is 0 Å². The summed E-state index contributed by atoms with van der Waals surface area (Å²) in [5.41, 5.74) is 1.62. The van der Waals surface area contributed by atoms with E-state index in [1.54, 1.807) is 12.2 Å². The maximum atomic E-state index is 11.1. The average Bonchev–Trinajstić information content (AvgIpc) is 2.63. The molecule has 2 aliphatic carbocycles. The summed E-state index contributed by atoms with van der Waals surface area (Å²) in [4.78, 5) is 11.1. The maximum Gasteiger partial charge on any atom is 0.178 e. The first kappa shape index (κ1) is 10.4. The highest BCUT2D eigenvalue weighted by atomic mass is 16.1. The van der Waals surface area contributed by atoms with Crippen LogP contribution in [-0.2, 0) is 4.79 Å². The fourth-order valence-electron chi connectivity index (χ4n) is 2.53. The zero-order valence-corrected chi connectivity index (χ0v) is 9.33. The Morgan fingerprint density at radius 3 is 2.80 bits per heavy atom. The molecule has 0 radical (unpaired) electrons. The van der Waals surface area contributed by atoms with Crippen molar-refractivity contribution in [2.45, 2.75) is 39.0 Å². The topological polar surface area (TPSA) is 17.1 Å². The molecule has 0 aromatic rings. The number of ketones is 1. The zero-order chi connectivity index (χ0) is 10.7. The normalized spacial score (nSPS) is 25.7. The van der Waals surface area contributed by atoms with Gasteiger partial charge in [0.2, 0.25) is 0 Å². The minimum atomic E-state index is 0.100. The van der Waals surface area contributed by atoms with Crippen LogP contribution in [0.25, 0.3) is 0 Å². The highest BCUT2D eigenvalue weighted by Crippen LogP contribution is 2.46. The van der Waals surface area contributed by atoms with Crippen molar-refractivity contribution in [3.05, 3.63) is 36.0 Å². The van der Waals surface area contributed by atoms with Gasteiger partial charge in [0.15, 0.2) is 5.78 Å². The molecule has 0 N–H and O–H groups in total. The molecule has 0 amide bonds. The van der Waals surface area contributed by atoms with E-state index in [0.717, 1.165) is 6.42 Å². The third-order valence-electron chi connectivity index (χ3n) is 3.40. The molecule has 0 aromatic carbocycles. The van der Waals surface area contributed by atoms with Gasteiger partial charge in [-0.1, -0.05) is 37.1 Å². The van der Waals surface area contributed by atoms with Crippen molar-refractivity contribution < 1.29 is 4.79 Å². The lowest BCUT2D eigenvalue weighted by Crippen LogP contribution is -2.16. The molecule has 1 nitrogen and oxygen atoms in total. The van der Waals surface area contributed by atoms with Gasteiger partial charge in [0, 0.05) is 5.41 Å². The molecule has 0 heterocycles. The van der Waals surface area contributed by atoms with Crippen LogP contribution < -0.4 is 0 Å². The van der Waals surface area contributed by atoms with Crippen LogP contribution in [0, 0.1) is 5.41 Å². The summed E-state index contributed by atoms with van der Waals surface area (Å²) in [5, 5.41) is 0. The fourth-order valence-corrected chi connectivity index (χ4v) is 2.53. The van der Waals surface area contributed by atoms with Crippen LogP contribution >= 0.6 is 0 Å². The SMILES string of the molecule is CCC/C=C1\CCCC12C=CC(=O)C=C2. The minimum absolute atomic E-state index is 0.100. The van der Waals surface area contributed by atoms with Crippen LogP contribution in [0.5, 0.6) is 0 Å². The monoisotopic (exact) mass is 202 g/mol. The number of carbonyl (C=O) groups excluding carboxylic acids is 1. The van der Waals surface area contributed by atoms with E-state index in [1.165, 1.54) is 31.3 Å². The summed E-state index contributed by atoms with van der Waals surface area (Å²) in [7, 11) is 0. The van der Waals surface area contributed by atoms with Gasteiger partial charge in [-0.3, -0.25) is 4.79 Å². The second-order valence-corrected chi connectivity index (χ2v) is 4.48. The quantitative estimate of drug-likeness (QED) is 0.625. The third kappa shape index (κ3) is 1.97. The minimum Gasteiger partial charge on any atom is -0.290 e. The molecule has 0 aliphatic heterocycles. The first-order valence-electron chi connectivity index (χ1n) is 5.89. The Hall–Kier alpha value is -1.11. The van der Waals surface area contributed by atoms with Gasteiger partial charge in [-0.15, -0.1) is 0 Å². The van der Waals surface area contributed by atoms with Crippen molar-refractivity contribution in [3.63, 3.8) is 0 Å². The molecular formula is C14H18O. The average molecular weight is 202 g/mol. The number of unbranched alkanes of at least 4 members (excludes halogenated alkanes) is 1. The van der Waals surface area contributed by atoms with Crippen molar-refractivity contribution in [1.29, 1.82) is 0 Å². The van der Waals surface area contributed by atoms with E-state index in [4.69, 9.17) is 0 Å². The Morgan fingerprint density at radius 2 is 2.13 bits per heavy atom. The maximum absolute atomic E-state index is 11.1. The Labute approximate surface area is 91.6 Å². The van der Waals surface area contributed by atoms with Gasteiger partial charge in [0.05, 0.1) is 0 Å². The summed E-state index contributed by atoms with van der Waals surface area (Å²) >= 11 is 0.